The molecule has 0 aliphatic rings. The van der Waals surface area contributed by atoms with Crippen LogP contribution in [0.4, 0.5) is 0 Å². The quantitative estimate of drug-likeness (QED) is 0.744. The first-order chi connectivity index (χ1) is 9.17. The molecule has 0 heterocycles. The number of benzene rings is 1. The van der Waals surface area contributed by atoms with E-state index in [0.717, 1.165) is 13.1 Å². The Bertz CT molecular complexity index is 337. The van der Waals surface area contributed by atoms with Crippen molar-refractivity contribution in [1.29, 1.82) is 0 Å². The third-order valence-electron chi connectivity index (χ3n) is 3.19. The number of hydrogen-bond acceptors (Lipinski definition) is 3. The third-order valence-corrected chi connectivity index (χ3v) is 3.19. The van der Waals surface area contributed by atoms with Gasteiger partial charge in [0.1, 0.15) is 0 Å². The minimum atomic E-state index is 0.136. The summed E-state index contributed by atoms with van der Waals surface area (Å²) in [5.74, 6) is 0.544. The van der Waals surface area contributed by atoms with Gasteiger partial charge in [-0.1, -0.05) is 38.1 Å². The minimum absolute atomic E-state index is 0.136. The van der Waals surface area contributed by atoms with Gasteiger partial charge in [0.05, 0.1) is 19.3 Å². The molecule has 3 heteroatoms. The first-order valence-corrected chi connectivity index (χ1v) is 7.07. The lowest BCUT2D eigenvalue weighted by Crippen LogP contribution is -2.19. The summed E-state index contributed by atoms with van der Waals surface area (Å²) in [5.41, 5.74) is 2.58. The van der Waals surface area contributed by atoms with Crippen molar-refractivity contribution in [3.63, 3.8) is 0 Å². The van der Waals surface area contributed by atoms with Crippen molar-refractivity contribution in [3.05, 3.63) is 35.4 Å². The van der Waals surface area contributed by atoms with Crippen LogP contribution in [0.1, 0.15) is 37.8 Å². The van der Waals surface area contributed by atoms with Crippen molar-refractivity contribution in [1.82, 2.24) is 5.32 Å². The van der Waals surface area contributed by atoms with E-state index in [4.69, 9.17) is 9.47 Å². The summed E-state index contributed by atoms with van der Waals surface area (Å²) < 4.78 is 10.7. The molecule has 0 spiro atoms. The molecule has 0 aliphatic heterocycles. The molecule has 3 nitrogen and oxygen atoms in total. The molecule has 0 saturated heterocycles. The van der Waals surface area contributed by atoms with Gasteiger partial charge in [-0.3, -0.25) is 0 Å². The highest BCUT2D eigenvalue weighted by Gasteiger charge is 2.05. The first-order valence-electron chi connectivity index (χ1n) is 7.07. The Morgan fingerprint density at radius 1 is 1.16 bits per heavy atom. The second-order valence-electron chi connectivity index (χ2n) is 5.03. The van der Waals surface area contributed by atoms with Gasteiger partial charge in [-0.05, 0) is 30.5 Å². The molecule has 0 bridgehead atoms. The second kappa shape index (κ2) is 9.08. The standard InChI is InChI=1S/C16H27NO2/c1-5-17-10-13(2)16-8-6-15(7-9-16)12-19-14(3)11-18-4/h6-9,13-14,17H,5,10-12H2,1-4H3. The fourth-order valence-corrected chi connectivity index (χ4v) is 1.94. The van der Waals surface area contributed by atoms with Crippen LogP contribution in [0.25, 0.3) is 0 Å². The van der Waals surface area contributed by atoms with Gasteiger partial charge in [0.2, 0.25) is 0 Å². The highest BCUT2D eigenvalue weighted by molar-refractivity contribution is 5.24. The number of nitrogens with one attached hydrogen (secondary N) is 1. The molecule has 0 radical (unpaired) electrons. The monoisotopic (exact) mass is 265 g/mol. The van der Waals surface area contributed by atoms with Crippen molar-refractivity contribution in [2.45, 2.75) is 39.4 Å². The summed E-state index contributed by atoms with van der Waals surface area (Å²) in [6, 6.07) is 8.69. The lowest BCUT2D eigenvalue weighted by molar-refractivity contribution is -0.000130. The van der Waals surface area contributed by atoms with Crippen molar-refractivity contribution in [2.75, 3.05) is 26.8 Å². The van der Waals surface area contributed by atoms with Crippen LogP contribution in [0.3, 0.4) is 0 Å². The number of ether oxygens (including phenoxy) is 2. The smallest absolute Gasteiger partial charge is 0.0784 e. The van der Waals surface area contributed by atoms with Gasteiger partial charge in [-0.15, -0.1) is 0 Å². The normalized spacial score (nSPS) is 14.3. The van der Waals surface area contributed by atoms with E-state index in [-0.39, 0.29) is 6.10 Å². The van der Waals surface area contributed by atoms with E-state index in [1.54, 1.807) is 7.11 Å². The second-order valence-corrected chi connectivity index (χ2v) is 5.03. The lowest BCUT2D eigenvalue weighted by atomic mass is 10.00. The highest BCUT2D eigenvalue weighted by Crippen LogP contribution is 2.15. The lowest BCUT2D eigenvalue weighted by Gasteiger charge is -2.14. The van der Waals surface area contributed by atoms with Gasteiger partial charge in [0.15, 0.2) is 0 Å². The summed E-state index contributed by atoms with van der Waals surface area (Å²) in [4.78, 5) is 0. The molecule has 0 fully saturated rings. The molecule has 2 unspecified atom stereocenters. The van der Waals surface area contributed by atoms with Crippen molar-refractivity contribution < 1.29 is 9.47 Å². The van der Waals surface area contributed by atoms with Gasteiger partial charge < -0.3 is 14.8 Å². The van der Waals surface area contributed by atoms with E-state index >= 15 is 0 Å². The average molecular weight is 265 g/mol. The predicted octanol–water partition coefficient (Wildman–Crippen LogP) is 2.95. The van der Waals surface area contributed by atoms with Gasteiger partial charge in [0, 0.05) is 13.7 Å². The zero-order valence-corrected chi connectivity index (χ0v) is 12.6. The fourth-order valence-electron chi connectivity index (χ4n) is 1.94. The van der Waals surface area contributed by atoms with Crippen LogP contribution in [-0.4, -0.2) is 32.9 Å². The number of hydrogen-bond donors (Lipinski definition) is 1. The summed E-state index contributed by atoms with van der Waals surface area (Å²) in [6.07, 6.45) is 0.136. The number of rotatable bonds is 9. The summed E-state index contributed by atoms with van der Waals surface area (Å²) in [6.45, 7) is 9.73. The molecular weight excluding hydrogens is 238 g/mol. The maximum Gasteiger partial charge on any atom is 0.0784 e. The van der Waals surface area contributed by atoms with Crippen LogP contribution >= 0.6 is 0 Å². The van der Waals surface area contributed by atoms with Gasteiger partial charge >= 0.3 is 0 Å². The van der Waals surface area contributed by atoms with E-state index in [1.165, 1.54) is 11.1 Å². The van der Waals surface area contributed by atoms with Crippen LogP contribution < -0.4 is 5.32 Å². The number of methoxy groups -OCH3 is 1. The average Bonchev–Trinajstić information content (AvgIpc) is 2.43. The molecule has 0 saturated carbocycles. The van der Waals surface area contributed by atoms with Crippen LogP contribution in [0.5, 0.6) is 0 Å². The zero-order valence-electron chi connectivity index (χ0n) is 12.6. The van der Waals surface area contributed by atoms with Gasteiger partial charge in [0.25, 0.3) is 0 Å². The summed E-state index contributed by atoms with van der Waals surface area (Å²) in [5, 5.41) is 3.38. The van der Waals surface area contributed by atoms with Crippen LogP contribution in [0, 0.1) is 0 Å². The van der Waals surface area contributed by atoms with E-state index in [0.29, 0.717) is 19.1 Å². The van der Waals surface area contributed by atoms with Gasteiger partial charge in [-0.25, -0.2) is 0 Å². The van der Waals surface area contributed by atoms with Crippen LogP contribution in [0.15, 0.2) is 24.3 Å². The molecule has 1 rings (SSSR count). The third kappa shape index (κ3) is 6.19. The molecule has 0 aromatic heterocycles. The Balaban J connectivity index is 2.42. The van der Waals surface area contributed by atoms with Crippen LogP contribution in [0.2, 0.25) is 0 Å². The largest absolute Gasteiger partial charge is 0.382 e. The Hall–Kier alpha value is -0.900. The summed E-state index contributed by atoms with van der Waals surface area (Å²) >= 11 is 0. The Labute approximate surface area is 117 Å². The molecule has 0 aliphatic carbocycles. The van der Waals surface area contributed by atoms with E-state index in [2.05, 4.69) is 43.4 Å². The predicted molar refractivity (Wildman–Crippen MR) is 79.5 cm³/mol. The molecule has 1 aromatic carbocycles. The van der Waals surface area contributed by atoms with Gasteiger partial charge in [-0.2, -0.15) is 0 Å². The number of likely N-dealkylation sites (N-methyl/N-ethyl adjacent to an activating group) is 1. The maximum absolute atomic E-state index is 5.70. The molecule has 0 amide bonds. The molecule has 108 valence electrons. The zero-order chi connectivity index (χ0) is 14.1. The molecule has 1 aromatic rings. The highest BCUT2D eigenvalue weighted by atomic mass is 16.5. The fraction of sp³-hybridized carbons (Fsp3) is 0.625. The van der Waals surface area contributed by atoms with Crippen molar-refractivity contribution >= 4 is 0 Å². The molecule has 2 atom stereocenters. The van der Waals surface area contributed by atoms with Crippen LogP contribution in [-0.2, 0) is 16.1 Å². The Morgan fingerprint density at radius 3 is 2.42 bits per heavy atom. The summed E-state index contributed by atoms with van der Waals surface area (Å²) in [7, 11) is 1.69. The molecule has 19 heavy (non-hydrogen) atoms. The molecule has 1 N–H and O–H groups in total. The van der Waals surface area contributed by atoms with Crippen molar-refractivity contribution in [3.8, 4) is 0 Å². The maximum atomic E-state index is 5.70. The van der Waals surface area contributed by atoms with E-state index in [9.17, 15) is 0 Å². The topological polar surface area (TPSA) is 30.5 Å². The SMILES string of the molecule is CCNCC(C)c1ccc(COC(C)COC)cc1. The Morgan fingerprint density at radius 2 is 1.84 bits per heavy atom. The molecular formula is C16H27NO2. The van der Waals surface area contributed by atoms with E-state index in [1.807, 2.05) is 6.92 Å². The van der Waals surface area contributed by atoms with E-state index < -0.39 is 0 Å². The Kier molecular flexibility index (Phi) is 7.72. The minimum Gasteiger partial charge on any atom is -0.382 e. The first kappa shape index (κ1) is 16.2. The van der Waals surface area contributed by atoms with Crippen molar-refractivity contribution in [2.24, 2.45) is 0 Å².